The van der Waals surface area contributed by atoms with Crippen LogP contribution in [0.1, 0.15) is 30.4 Å². The molecular weight excluding hydrogens is 398 g/mol. The van der Waals surface area contributed by atoms with Crippen LogP contribution in [0.25, 0.3) is 11.7 Å². The van der Waals surface area contributed by atoms with Crippen LogP contribution in [0.3, 0.4) is 0 Å². The Bertz CT molecular complexity index is 1270. The Morgan fingerprint density at radius 3 is 2.74 bits per heavy atom. The van der Waals surface area contributed by atoms with E-state index in [9.17, 15) is 9.59 Å². The van der Waals surface area contributed by atoms with Gasteiger partial charge in [-0.1, -0.05) is 12.1 Å². The lowest BCUT2D eigenvalue weighted by Gasteiger charge is -2.09. The van der Waals surface area contributed by atoms with Crippen molar-refractivity contribution in [3.05, 3.63) is 47.2 Å². The predicted molar refractivity (Wildman–Crippen MR) is 109 cm³/mol. The SMILES string of the molecule is N#CCc1ccc(Oc2nc(NC3CC3)n3ncc(/C=C4\CC(=O)NC4=O)c3n2)cc1. The minimum Gasteiger partial charge on any atom is -0.424 e. The molecule has 0 unspecified atom stereocenters. The van der Waals surface area contributed by atoms with Crippen molar-refractivity contribution in [2.24, 2.45) is 0 Å². The highest BCUT2D eigenvalue weighted by molar-refractivity contribution is 6.15. The molecule has 31 heavy (non-hydrogen) atoms. The number of hydrogen-bond acceptors (Lipinski definition) is 8. The number of nitriles is 1. The average molecular weight is 415 g/mol. The van der Waals surface area contributed by atoms with Gasteiger partial charge in [-0.2, -0.15) is 24.8 Å². The maximum atomic E-state index is 11.9. The zero-order chi connectivity index (χ0) is 21.4. The molecule has 10 nitrogen and oxygen atoms in total. The van der Waals surface area contributed by atoms with Gasteiger partial charge in [0.25, 0.3) is 5.91 Å². The van der Waals surface area contributed by atoms with Crippen molar-refractivity contribution in [2.45, 2.75) is 31.7 Å². The molecule has 154 valence electrons. The fourth-order valence-electron chi connectivity index (χ4n) is 3.21. The molecule has 2 aromatic heterocycles. The van der Waals surface area contributed by atoms with E-state index in [1.807, 2.05) is 12.1 Å². The molecule has 0 bridgehead atoms. The topological polar surface area (TPSA) is 134 Å². The number of nitrogens with one attached hydrogen (secondary N) is 2. The van der Waals surface area contributed by atoms with Gasteiger partial charge in [0.15, 0.2) is 5.65 Å². The number of amides is 2. The van der Waals surface area contributed by atoms with Gasteiger partial charge in [-0.25, -0.2) is 0 Å². The van der Waals surface area contributed by atoms with E-state index in [1.54, 1.807) is 28.9 Å². The lowest BCUT2D eigenvalue weighted by molar-refractivity contribution is -0.124. The van der Waals surface area contributed by atoms with Crippen molar-refractivity contribution >= 4 is 29.5 Å². The first kappa shape index (κ1) is 18.7. The molecule has 1 aliphatic heterocycles. The van der Waals surface area contributed by atoms with Crippen LogP contribution in [-0.4, -0.2) is 37.4 Å². The van der Waals surface area contributed by atoms with Gasteiger partial charge in [-0.05, 0) is 36.6 Å². The maximum absolute atomic E-state index is 11.9. The summed E-state index contributed by atoms with van der Waals surface area (Å²) in [5.41, 5.74) is 2.27. The van der Waals surface area contributed by atoms with Crippen LogP contribution >= 0.6 is 0 Å². The number of carbonyl (C=O) groups is 2. The van der Waals surface area contributed by atoms with Crippen LogP contribution in [0.15, 0.2) is 36.0 Å². The van der Waals surface area contributed by atoms with E-state index in [1.165, 1.54) is 0 Å². The molecule has 10 heteroatoms. The van der Waals surface area contributed by atoms with Crippen LogP contribution in [0, 0.1) is 11.3 Å². The number of aromatic nitrogens is 4. The summed E-state index contributed by atoms with van der Waals surface area (Å²) in [5, 5.41) is 18.7. The smallest absolute Gasteiger partial charge is 0.327 e. The van der Waals surface area contributed by atoms with Crippen molar-refractivity contribution in [2.75, 3.05) is 5.32 Å². The zero-order valence-corrected chi connectivity index (χ0v) is 16.3. The standard InChI is InChI=1S/C21H17N7O3/c22-8-7-12-1-5-16(6-2-12)31-21-26-18-14(9-13-10-17(29)25-19(13)30)11-23-28(18)20(27-21)24-15-3-4-15/h1-2,5-6,9,11,15H,3-4,7,10H2,(H,24,26,27)(H,25,29,30)/b13-9+. The molecule has 2 N–H and O–H groups in total. The second-order valence-corrected chi connectivity index (χ2v) is 7.39. The molecule has 1 saturated heterocycles. The fourth-order valence-corrected chi connectivity index (χ4v) is 3.21. The number of hydrogen-bond donors (Lipinski definition) is 2. The van der Waals surface area contributed by atoms with Crippen molar-refractivity contribution in [3.63, 3.8) is 0 Å². The Balaban J connectivity index is 1.52. The highest BCUT2D eigenvalue weighted by atomic mass is 16.5. The Hall–Kier alpha value is -4.26. The number of ether oxygens (including phenoxy) is 1. The van der Waals surface area contributed by atoms with Gasteiger partial charge in [0.1, 0.15) is 5.75 Å². The normalized spacial score (nSPS) is 17.1. The number of carbonyl (C=O) groups excluding carboxylic acids is 2. The monoisotopic (exact) mass is 415 g/mol. The molecule has 0 atom stereocenters. The maximum Gasteiger partial charge on any atom is 0.327 e. The molecule has 2 amide bonds. The van der Waals surface area contributed by atoms with Gasteiger partial charge in [0.05, 0.1) is 25.1 Å². The van der Waals surface area contributed by atoms with Gasteiger partial charge in [0, 0.05) is 17.2 Å². The van der Waals surface area contributed by atoms with Crippen LogP contribution in [0.2, 0.25) is 0 Å². The molecule has 2 fully saturated rings. The van der Waals surface area contributed by atoms with Crippen molar-refractivity contribution < 1.29 is 14.3 Å². The summed E-state index contributed by atoms with van der Waals surface area (Å²) >= 11 is 0. The Morgan fingerprint density at radius 1 is 1.26 bits per heavy atom. The van der Waals surface area contributed by atoms with Crippen LogP contribution in [0.4, 0.5) is 5.95 Å². The summed E-state index contributed by atoms with van der Waals surface area (Å²) < 4.78 is 7.41. The van der Waals surface area contributed by atoms with E-state index in [-0.39, 0.29) is 18.3 Å². The zero-order valence-electron chi connectivity index (χ0n) is 16.3. The third kappa shape index (κ3) is 3.93. The van der Waals surface area contributed by atoms with E-state index in [4.69, 9.17) is 10.00 Å². The quantitative estimate of drug-likeness (QED) is 0.461. The van der Waals surface area contributed by atoms with E-state index < -0.39 is 5.91 Å². The molecule has 3 aromatic rings. The van der Waals surface area contributed by atoms with Crippen LogP contribution in [0.5, 0.6) is 11.8 Å². The first-order valence-corrected chi connectivity index (χ1v) is 9.80. The molecule has 3 heterocycles. The summed E-state index contributed by atoms with van der Waals surface area (Å²) in [7, 11) is 0. The largest absolute Gasteiger partial charge is 0.424 e. The third-order valence-corrected chi connectivity index (χ3v) is 4.93. The molecule has 2 aliphatic rings. The first-order valence-electron chi connectivity index (χ1n) is 9.80. The molecule has 0 radical (unpaired) electrons. The highest BCUT2D eigenvalue weighted by Crippen LogP contribution is 2.28. The first-order chi connectivity index (χ1) is 15.1. The number of rotatable bonds is 6. The highest BCUT2D eigenvalue weighted by Gasteiger charge is 2.26. The summed E-state index contributed by atoms with van der Waals surface area (Å²) in [6.07, 6.45) is 5.61. The average Bonchev–Trinajstić information content (AvgIpc) is 3.38. The number of nitrogens with zero attached hydrogens (tertiary/aromatic N) is 5. The van der Waals surface area contributed by atoms with E-state index in [0.29, 0.717) is 40.9 Å². The predicted octanol–water partition coefficient (Wildman–Crippen LogP) is 1.99. The van der Waals surface area contributed by atoms with Gasteiger partial charge in [0.2, 0.25) is 11.9 Å². The fraction of sp³-hybridized carbons (Fsp3) is 0.238. The second kappa shape index (κ2) is 7.53. The van der Waals surface area contributed by atoms with Gasteiger partial charge < -0.3 is 10.1 Å². The van der Waals surface area contributed by atoms with Gasteiger partial charge >= 0.3 is 6.01 Å². The number of fused-ring (bicyclic) bond motifs is 1. The third-order valence-electron chi connectivity index (χ3n) is 4.93. The second-order valence-electron chi connectivity index (χ2n) is 7.39. The molecule has 1 saturated carbocycles. The molecular formula is C21H17N7O3. The van der Waals surface area contributed by atoms with Crippen LogP contribution in [-0.2, 0) is 16.0 Å². The Labute approximate surface area is 176 Å². The van der Waals surface area contributed by atoms with E-state index in [0.717, 1.165) is 18.4 Å². The Morgan fingerprint density at radius 2 is 2.06 bits per heavy atom. The summed E-state index contributed by atoms with van der Waals surface area (Å²) in [6, 6.07) is 9.67. The number of anilines is 1. The summed E-state index contributed by atoms with van der Waals surface area (Å²) in [5.74, 6) is 0.273. The van der Waals surface area contributed by atoms with Gasteiger partial charge in [-0.15, -0.1) is 0 Å². The van der Waals surface area contributed by atoms with Crippen molar-refractivity contribution in [1.29, 1.82) is 5.26 Å². The van der Waals surface area contributed by atoms with Crippen molar-refractivity contribution in [1.82, 2.24) is 24.9 Å². The van der Waals surface area contributed by atoms with E-state index >= 15 is 0 Å². The number of benzene rings is 1. The summed E-state index contributed by atoms with van der Waals surface area (Å²) in [4.78, 5) is 32.4. The lowest BCUT2D eigenvalue weighted by atomic mass is 10.1. The van der Waals surface area contributed by atoms with E-state index in [2.05, 4.69) is 31.8 Å². The van der Waals surface area contributed by atoms with Crippen molar-refractivity contribution in [3.8, 4) is 17.8 Å². The van der Waals surface area contributed by atoms with Crippen LogP contribution < -0.4 is 15.4 Å². The number of imide groups is 1. The Kier molecular flexibility index (Phi) is 4.55. The molecule has 5 rings (SSSR count). The molecule has 1 aliphatic carbocycles. The molecule has 0 spiro atoms. The molecule has 1 aromatic carbocycles. The van der Waals surface area contributed by atoms with Gasteiger partial charge in [-0.3, -0.25) is 14.9 Å². The minimum absolute atomic E-state index is 0.0207. The lowest BCUT2D eigenvalue weighted by Crippen LogP contribution is -2.19. The minimum atomic E-state index is -0.413. The summed E-state index contributed by atoms with van der Waals surface area (Å²) in [6.45, 7) is 0.